The van der Waals surface area contributed by atoms with E-state index >= 15 is 0 Å². The number of hydrogen-bond acceptors (Lipinski definition) is 4. The average Bonchev–Trinajstić information content (AvgIpc) is 3.18. The summed E-state index contributed by atoms with van der Waals surface area (Å²) in [6.45, 7) is 2.98. The number of amides is 1. The lowest BCUT2D eigenvalue weighted by Gasteiger charge is -2.16. The Hall–Kier alpha value is -2.25. The van der Waals surface area contributed by atoms with Gasteiger partial charge in [0.05, 0.1) is 16.6 Å². The van der Waals surface area contributed by atoms with E-state index in [1.165, 1.54) is 16.4 Å². The van der Waals surface area contributed by atoms with E-state index < -0.39 is 10.0 Å². The number of benzene rings is 1. The maximum Gasteiger partial charge on any atom is 0.251 e. The zero-order chi connectivity index (χ0) is 17.9. The normalized spacial score (nSPS) is 16.5. The fraction of sp³-hybridized carbons (Fsp3) is 0.333. The number of pyridine rings is 1. The fourth-order valence-electron chi connectivity index (χ4n) is 2.84. The number of carbonyl (C=O) groups is 1. The summed E-state index contributed by atoms with van der Waals surface area (Å²) < 4.78 is 26.5. The van der Waals surface area contributed by atoms with E-state index in [-0.39, 0.29) is 16.8 Å². The van der Waals surface area contributed by atoms with Crippen LogP contribution in [0.2, 0.25) is 0 Å². The van der Waals surface area contributed by atoms with Crippen LogP contribution in [0.4, 0.5) is 0 Å². The smallest absolute Gasteiger partial charge is 0.251 e. The first-order chi connectivity index (χ1) is 12.0. The molecule has 2 aromatic rings. The minimum absolute atomic E-state index is 0.226. The summed E-state index contributed by atoms with van der Waals surface area (Å²) in [5.41, 5.74) is 1.19. The highest BCUT2D eigenvalue weighted by molar-refractivity contribution is 7.89. The quantitative estimate of drug-likeness (QED) is 0.889. The van der Waals surface area contributed by atoms with Crippen LogP contribution < -0.4 is 5.32 Å². The van der Waals surface area contributed by atoms with E-state index in [4.69, 9.17) is 0 Å². The Morgan fingerprint density at radius 1 is 1.12 bits per heavy atom. The zero-order valence-corrected chi connectivity index (χ0v) is 14.9. The summed E-state index contributed by atoms with van der Waals surface area (Å²) in [5, 5.41) is 2.86. The third-order valence-electron chi connectivity index (χ3n) is 4.30. The van der Waals surface area contributed by atoms with Crippen molar-refractivity contribution in [2.45, 2.75) is 30.7 Å². The molecule has 0 aliphatic carbocycles. The third kappa shape index (κ3) is 3.88. The number of rotatable bonds is 5. The van der Waals surface area contributed by atoms with Gasteiger partial charge in [-0.3, -0.25) is 9.78 Å². The number of carbonyl (C=O) groups excluding carboxylic acids is 1. The molecular weight excluding hydrogens is 338 g/mol. The van der Waals surface area contributed by atoms with Gasteiger partial charge in [-0.25, -0.2) is 8.42 Å². The molecular formula is C18H21N3O3S. The molecule has 132 valence electrons. The van der Waals surface area contributed by atoms with Gasteiger partial charge in [0.2, 0.25) is 10.0 Å². The lowest BCUT2D eigenvalue weighted by Crippen LogP contribution is -2.28. The van der Waals surface area contributed by atoms with Crippen molar-refractivity contribution in [3.05, 3.63) is 59.9 Å². The number of sulfonamides is 1. The van der Waals surface area contributed by atoms with Crippen LogP contribution in [0.5, 0.6) is 0 Å². The Bertz CT molecular complexity index is 830. The SMILES string of the molecule is C[C@H](NC(=O)c1ccc(S(=O)(=O)N2CCCC2)cc1)c1ccccn1. The van der Waals surface area contributed by atoms with Crippen molar-refractivity contribution in [2.24, 2.45) is 0 Å². The van der Waals surface area contributed by atoms with Crippen LogP contribution in [0, 0.1) is 0 Å². The maximum atomic E-state index is 12.5. The lowest BCUT2D eigenvalue weighted by atomic mass is 10.1. The highest BCUT2D eigenvalue weighted by Gasteiger charge is 2.27. The second kappa shape index (κ2) is 7.33. The van der Waals surface area contributed by atoms with Crippen molar-refractivity contribution < 1.29 is 13.2 Å². The van der Waals surface area contributed by atoms with Gasteiger partial charge in [-0.05, 0) is 56.2 Å². The van der Waals surface area contributed by atoms with Gasteiger partial charge >= 0.3 is 0 Å². The topological polar surface area (TPSA) is 79.4 Å². The van der Waals surface area contributed by atoms with Crippen molar-refractivity contribution in [2.75, 3.05) is 13.1 Å². The first-order valence-corrected chi connectivity index (χ1v) is 9.74. The molecule has 6 nitrogen and oxygen atoms in total. The van der Waals surface area contributed by atoms with Crippen molar-refractivity contribution >= 4 is 15.9 Å². The summed E-state index contributed by atoms with van der Waals surface area (Å²) >= 11 is 0. The Morgan fingerprint density at radius 2 is 1.80 bits per heavy atom. The maximum absolute atomic E-state index is 12.5. The van der Waals surface area contributed by atoms with Crippen LogP contribution in [-0.2, 0) is 10.0 Å². The first kappa shape index (κ1) is 17.6. The average molecular weight is 359 g/mol. The van der Waals surface area contributed by atoms with Gasteiger partial charge in [0.15, 0.2) is 0 Å². The third-order valence-corrected chi connectivity index (χ3v) is 6.21. The standard InChI is InChI=1S/C18H21N3O3S/c1-14(17-6-2-3-11-19-17)20-18(22)15-7-9-16(10-8-15)25(23,24)21-12-4-5-13-21/h2-3,6-11,14H,4-5,12-13H2,1H3,(H,20,22)/t14-/m0/s1. The fourth-order valence-corrected chi connectivity index (χ4v) is 4.36. The highest BCUT2D eigenvalue weighted by atomic mass is 32.2. The number of nitrogens with one attached hydrogen (secondary N) is 1. The predicted molar refractivity (Wildman–Crippen MR) is 94.6 cm³/mol. The van der Waals surface area contributed by atoms with Crippen LogP contribution in [0.15, 0.2) is 53.6 Å². The van der Waals surface area contributed by atoms with Crippen LogP contribution in [0.1, 0.15) is 41.9 Å². The Kier molecular flexibility index (Phi) is 5.15. The minimum Gasteiger partial charge on any atom is -0.344 e. The monoisotopic (exact) mass is 359 g/mol. The Balaban J connectivity index is 1.70. The van der Waals surface area contributed by atoms with E-state index in [9.17, 15) is 13.2 Å². The van der Waals surface area contributed by atoms with Gasteiger partial charge in [0.25, 0.3) is 5.91 Å². The molecule has 0 bridgehead atoms. The second-order valence-corrected chi connectivity index (χ2v) is 8.02. The molecule has 1 N–H and O–H groups in total. The van der Waals surface area contributed by atoms with E-state index in [0.717, 1.165) is 18.5 Å². The van der Waals surface area contributed by atoms with Gasteiger partial charge in [-0.2, -0.15) is 4.31 Å². The molecule has 1 aromatic carbocycles. The molecule has 1 aromatic heterocycles. The molecule has 1 aliphatic rings. The molecule has 0 unspecified atom stereocenters. The van der Waals surface area contributed by atoms with Gasteiger partial charge < -0.3 is 5.32 Å². The molecule has 0 spiro atoms. The van der Waals surface area contributed by atoms with E-state index in [1.807, 2.05) is 25.1 Å². The molecule has 3 rings (SSSR count). The van der Waals surface area contributed by atoms with E-state index in [2.05, 4.69) is 10.3 Å². The molecule has 25 heavy (non-hydrogen) atoms. The number of nitrogens with zero attached hydrogens (tertiary/aromatic N) is 2. The molecule has 1 aliphatic heterocycles. The lowest BCUT2D eigenvalue weighted by molar-refractivity contribution is 0.0939. The van der Waals surface area contributed by atoms with Crippen LogP contribution in [0.25, 0.3) is 0 Å². The van der Waals surface area contributed by atoms with E-state index in [1.54, 1.807) is 18.3 Å². The molecule has 1 amide bonds. The minimum atomic E-state index is -3.46. The van der Waals surface area contributed by atoms with Gasteiger partial charge in [-0.15, -0.1) is 0 Å². The van der Waals surface area contributed by atoms with Gasteiger partial charge in [0.1, 0.15) is 0 Å². The number of hydrogen-bond donors (Lipinski definition) is 1. The van der Waals surface area contributed by atoms with Crippen LogP contribution >= 0.6 is 0 Å². The molecule has 1 fully saturated rings. The molecule has 1 saturated heterocycles. The second-order valence-electron chi connectivity index (χ2n) is 6.09. The number of aromatic nitrogens is 1. The summed E-state index contributed by atoms with van der Waals surface area (Å²) in [6, 6.07) is 11.4. The predicted octanol–water partition coefficient (Wildman–Crippen LogP) is 2.36. The molecule has 0 saturated carbocycles. The van der Waals surface area contributed by atoms with Crippen LogP contribution in [0.3, 0.4) is 0 Å². The summed E-state index contributed by atoms with van der Waals surface area (Å²) in [7, 11) is -3.46. The van der Waals surface area contributed by atoms with E-state index in [0.29, 0.717) is 18.7 Å². The van der Waals surface area contributed by atoms with Crippen molar-refractivity contribution in [1.29, 1.82) is 0 Å². The Labute approximate surface area is 147 Å². The van der Waals surface area contributed by atoms with Crippen molar-refractivity contribution in [3.63, 3.8) is 0 Å². The Morgan fingerprint density at radius 3 is 2.40 bits per heavy atom. The van der Waals surface area contributed by atoms with Gasteiger partial charge in [-0.1, -0.05) is 6.07 Å². The molecule has 1 atom stereocenters. The summed E-state index contributed by atoms with van der Waals surface area (Å²) in [4.78, 5) is 16.8. The zero-order valence-electron chi connectivity index (χ0n) is 14.1. The molecule has 0 radical (unpaired) electrons. The first-order valence-electron chi connectivity index (χ1n) is 8.30. The van der Waals surface area contributed by atoms with Crippen LogP contribution in [-0.4, -0.2) is 36.7 Å². The van der Waals surface area contributed by atoms with Crippen molar-refractivity contribution in [3.8, 4) is 0 Å². The highest BCUT2D eigenvalue weighted by Crippen LogP contribution is 2.21. The molecule has 7 heteroatoms. The summed E-state index contributed by atoms with van der Waals surface area (Å²) in [6.07, 6.45) is 3.46. The summed E-state index contributed by atoms with van der Waals surface area (Å²) in [5.74, 6) is -0.261. The van der Waals surface area contributed by atoms with Crippen molar-refractivity contribution in [1.82, 2.24) is 14.6 Å². The van der Waals surface area contributed by atoms with Gasteiger partial charge in [0, 0.05) is 24.8 Å². The largest absolute Gasteiger partial charge is 0.344 e. The molecule has 2 heterocycles.